The van der Waals surface area contributed by atoms with Gasteiger partial charge in [-0.25, -0.2) is 4.39 Å². The fraction of sp³-hybridized carbons (Fsp3) is 0.286. The van der Waals surface area contributed by atoms with Gasteiger partial charge < -0.3 is 9.88 Å². The lowest BCUT2D eigenvalue weighted by Crippen LogP contribution is -2.49. The van der Waals surface area contributed by atoms with E-state index in [4.69, 9.17) is 0 Å². The molecule has 0 atom stereocenters. The van der Waals surface area contributed by atoms with Gasteiger partial charge in [-0.1, -0.05) is 24.3 Å². The van der Waals surface area contributed by atoms with Crippen LogP contribution in [0.15, 0.2) is 54.7 Å². The maximum absolute atomic E-state index is 13.0. The third-order valence-electron chi connectivity index (χ3n) is 5.11. The number of H-pyrrole nitrogens is 1. The van der Waals surface area contributed by atoms with Gasteiger partial charge in [0.2, 0.25) is 0 Å². The fourth-order valence-corrected chi connectivity index (χ4v) is 3.55. The van der Waals surface area contributed by atoms with Crippen molar-refractivity contribution in [2.75, 3.05) is 32.7 Å². The zero-order chi connectivity index (χ0) is 17.9. The molecule has 1 aliphatic rings. The molecule has 2 heterocycles. The molecule has 3 aromatic rings. The van der Waals surface area contributed by atoms with Crippen LogP contribution in [0.4, 0.5) is 4.39 Å². The van der Waals surface area contributed by atoms with Crippen molar-refractivity contribution in [1.82, 2.24) is 14.8 Å². The average Bonchev–Trinajstić information content (AvgIpc) is 3.16. The largest absolute Gasteiger partial charge is 0.361 e. The molecule has 0 bridgehead atoms. The molecule has 1 aliphatic heterocycles. The van der Waals surface area contributed by atoms with Crippen molar-refractivity contribution in [2.24, 2.45) is 0 Å². The van der Waals surface area contributed by atoms with E-state index in [2.05, 4.69) is 9.88 Å². The topological polar surface area (TPSA) is 39.3 Å². The Kier molecular flexibility index (Phi) is 4.71. The van der Waals surface area contributed by atoms with Crippen molar-refractivity contribution in [1.29, 1.82) is 0 Å². The molecule has 4 rings (SSSR count). The summed E-state index contributed by atoms with van der Waals surface area (Å²) >= 11 is 0. The number of aromatic nitrogens is 1. The lowest BCUT2D eigenvalue weighted by atomic mass is 10.1. The Morgan fingerprint density at radius 1 is 1.00 bits per heavy atom. The van der Waals surface area contributed by atoms with Crippen molar-refractivity contribution in [3.63, 3.8) is 0 Å². The quantitative estimate of drug-likeness (QED) is 0.783. The van der Waals surface area contributed by atoms with E-state index in [0.29, 0.717) is 0 Å². The number of aromatic amines is 1. The summed E-state index contributed by atoms with van der Waals surface area (Å²) in [6.07, 6.45) is 2.77. The smallest absolute Gasteiger partial charge is 0.256 e. The lowest BCUT2D eigenvalue weighted by molar-refractivity contribution is 0.0640. The first-order valence-corrected chi connectivity index (χ1v) is 9.03. The molecular formula is C21H22FN3O. The van der Waals surface area contributed by atoms with Gasteiger partial charge in [0.05, 0.1) is 11.1 Å². The molecule has 0 spiro atoms. The number of amides is 1. The summed E-state index contributed by atoms with van der Waals surface area (Å²) in [5.74, 6) is -0.103. The molecule has 2 aromatic carbocycles. The highest BCUT2D eigenvalue weighted by Crippen LogP contribution is 2.19. The van der Waals surface area contributed by atoms with Crippen LogP contribution in [0.3, 0.4) is 0 Å². The van der Waals surface area contributed by atoms with Crippen LogP contribution in [0, 0.1) is 5.82 Å². The number of carbonyl (C=O) groups excluding carboxylic acids is 1. The van der Waals surface area contributed by atoms with Gasteiger partial charge in [0.25, 0.3) is 5.91 Å². The highest BCUT2D eigenvalue weighted by atomic mass is 19.1. The molecule has 0 saturated carbocycles. The van der Waals surface area contributed by atoms with E-state index in [1.165, 1.54) is 12.1 Å². The maximum atomic E-state index is 13.0. The van der Waals surface area contributed by atoms with Crippen LogP contribution in [-0.2, 0) is 6.42 Å². The fourth-order valence-electron chi connectivity index (χ4n) is 3.55. The minimum Gasteiger partial charge on any atom is -0.361 e. The summed E-state index contributed by atoms with van der Waals surface area (Å²) in [4.78, 5) is 20.4. The summed E-state index contributed by atoms with van der Waals surface area (Å²) in [5, 5.41) is 1.06. The van der Waals surface area contributed by atoms with E-state index in [9.17, 15) is 9.18 Å². The summed E-state index contributed by atoms with van der Waals surface area (Å²) < 4.78 is 13.0. The molecule has 1 saturated heterocycles. The summed E-state index contributed by atoms with van der Waals surface area (Å²) in [7, 11) is 0. The van der Waals surface area contributed by atoms with Crippen LogP contribution in [-0.4, -0.2) is 53.4 Å². The van der Waals surface area contributed by atoms with Gasteiger partial charge in [-0.2, -0.15) is 0 Å². The maximum Gasteiger partial charge on any atom is 0.256 e. The summed E-state index contributed by atoms with van der Waals surface area (Å²) in [5.41, 5.74) is 2.80. The lowest BCUT2D eigenvalue weighted by Gasteiger charge is -2.34. The number of carbonyl (C=O) groups is 1. The Morgan fingerprint density at radius 2 is 1.77 bits per heavy atom. The molecule has 1 fully saturated rings. The molecular weight excluding hydrogens is 329 g/mol. The zero-order valence-electron chi connectivity index (χ0n) is 14.6. The van der Waals surface area contributed by atoms with Crippen LogP contribution in [0.1, 0.15) is 15.9 Å². The standard InChI is InChI=1S/C21H22FN3O/c22-18-6-4-16(5-7-18)9-11-24-12-14-25(15-13-24)21(26)19-3-1-2-17-8-10-23-20(17)19/h1-8,10,23H,9,11-15H2. The van der Waals surface area contributed by atoms with E-state index in [-0.39, 0.29) is 11.7 Å². The van der Waals surface area contributed by atoms with E-state index >= 15 is 0 Å². The highest BCUT2D eigenvalue weighted by molar-refractivity contribution is 6.05. The molecule has 5 heteroatoms. The predicted octanol–water partition coefficient (Wildman–Crippen LogP) is 3.31. The number of benzene rings is 2. The first-order chi connectivity index (χ1) is 12.7. The molecule has 1 aromatic heterocycles. The van der Waals surface area contributed by atoms with Crippen LogP contribution in [0.25, 0.3) is 10.9 Å². The van der Waals surface area contributed by atoms with E-state index in [1.54, 1.807) is 0 Å². The molecule has 0 aliphatic carbocycles. The molecule has 26 heavy (non-hydrogen) atoms. The molecule has 1 amide bonds. The molecule has 0 unspecified atom stereocenters. The summed E-state index contributed by atoms with van der Waals surface area (Å²) in [6, 6.07) is 14.5. The van der Waals surface area contributed by atoms with E-state index < -0.39 is 0 Å². The SMILES string of the molecule is O=C(c1cccc2cc[nH]c12)N1CCN(CCc2ccc(F)cc2)CC1. The van der Waals surface area contributed by atoms with Crippen LogP contribution >= 0.6 is 0 Å². The van der Waals surface area contributed by atoms with Crippen LogP contribution in [0.5, 0.6) is 0 Å². The number of nitrogens with zero attached hydrogens (tertiary/aromatic N) is 2. The number of para-hydroxylation sites is 1. The Bertz CT molecular complexity index is 895. The average molecular weight is 351 g/mol. The van der Waals surface area contributed by atoms with E-state index in [1.807, 2.05) is 47.5 Å². The number of hydrogen-bond acceptors (Lipinski definition) is 2. The second-order valence-corrected chi connectivity index (χ2v) is 6.76. The number of nitrogens with one attached hydrogen (secondary N) is 1. The van der Waals surface area contributed by atoms with Crippen LogP contribution < -0.4 is 0 Å². The van der Waals surface area contributed by atoms with E-state index in [0.717, 1.165) is 61.2 Å². The minimum absolute atomic E-state index is 0.0937. The number of piperazine rings is 1. The monoisotopic (exact) mass is 351 g/mol. The van der Waals surface area contributed by atoms with Crippen LogP contribution in [0.2, 0.25) is 0 Å². The van der Waals surface area contributed by atoms with Gasteiger partial charge in [-0.3, -0.25) is 9.69 Å². The first kappa shape index (κ1) is 16.8. The van der Waals surface area contributed by atoms with Crippen molar-refractivity contribution >= 4 is 16.8 Å². The van der Waals surface area contributed by atoms with Gasteiger partial charge >= 0.3 is 0 Å². The van der Waals surface area contributed by atoms with Gasteiger partial charge in [0, 0.05) is 44.3 Å². The molecule has 1 N–H and O–H groups in total. The molecule has 0 radical (unpaired) electrons. The van der Waals surface area contributed by atoms with Crippen molar-refractivity contribution in [3.8, 4) is 0 Å². The third-order valence-corrected chi connectivity index (χ3v) is 5.11. The zero-order valence-corrected chi connectivity index (χ0v) is 14.6. The second-order valence-electron chi connectivity index (χ2n) is 6.76. The number of halogens is 1. The Morgan fingerprint density at radius 3 is 2.54 bits per heavy atom. The normalized spacial score (nSPS) is 15.5. The van der Waals surface area contributed by atoms with Gasteiger partial charge in [0.15, 0.2) is 0 Å². The highest BCUT2D eigenvalue weighted by Gasteiger charge is 2.23. The second kappa shape index (κ2) is 7.30. The number of hydrogen-bond donors (Lipinski definition) is 1. The van der Waals surface area contributed by atoms with Gasteiger partial charge in [-0.15, -0.1) is 0 Å². The Labute approximate surface area is 152 Å². The third kappa shape index (κ3) is 3.48. The number of rotatable bonds is 4. The van der Waals surface area contributed by atoms with Crippen molar-refractivity contribution in [2.45, 2.75) is 6.42 Å². The van der Waals surface area contributed by atoms with Crippen molar-refractivity contribution in [3.05, 3.63) is 71.7 Å². The predicted molar refractivity (Wildman–Crippen MR) is 101 cm³/mol. The Balaban J connectivity index is 1.34. The van der Waals surface area contributed by atoms with Gasteiger partial charge in [-0.05, 0) is 36.2 Å². The Hall–Kier alpha value is -2.66. The minimum atomic E-state index is -0.196. The first-order valence-electron chi connectivity index (χ1n) is 9.03. The number of fused-ring (bicyclic) bond motifs is 1. The molecule has 4 nitrogen and oxygen atoms in total. The van der Waals surface area contributed by atoms with Gasteiger partial charge in [0.1, 0.15) is 5.82 Å². The summed E-state index contributed by atoms with van der Waals surface area (Å²) in [6.45, 7) is 4.14. The molecule has 134 valence electrons. The van der Waals surface area contributed by atoms with Crippen molar-refractivity contribution < 1.29 is 9.18 Å².